The quantitative estimate of drug-likeness (QED) is 0.413. The molecule has 0 fully saturated rings. The van der Waals surface area contributed by atoms with E-state index in [4.69, 9.17) is 0 Å². The Morgan fingerprint density at radius 2 is 1.65 bits per heavy atom. The number of hydrogen-bond acceptors (Lipinski definition) is 4. The highest BCUT2D eigenvalue weighted by atomic mass is 32.1. The number of benzene rings is 2. The largest absolute Gasteiger partial charge is 0.316 e. The summed E-state index contributed by atoms with van der Waals surface area (Å²) in [5.41, 5.74) is 5.09. The number of nitrogens with one attached hydrogen (secondary N) is 1. The van der Waals surface area contributed by atoms with Gasteiger partial charge in [-0.2, -0.15) is 0 Å². The number of aryl methyl sites for hydroxylation is 1. The Labute approximate surface area is 207 Å². The molecule has 0 saturated carbocycles. The van der Waals surface area contributed by atoms with Crippen molar-refractivity contribution >= 4 is 28.0 Å². The molecule has 5 heteroatoms. The fraction of sp³-hybridized carbons (Fsp3) is 0.379. The molecule has 2 aromatic carbocycles. The van der Waals surface area contributed by atoms with E-state index in [0.29, 0.717) is 22.7 Å². The molecule has 1 aliphatic rings. The monoisotopic (exact) mass is 474 g/mol. The van der Waals surface area contributed by atoms with Gasteiger partial charge >= 0.3 is 0 Å². The zero-order valence-electron chi connectivity index (χ0n) is 20.6. The van der Waals surface area contributed by atoms with Crippen LogP contribution in [0.2, 0.25) is 0 Å². The topological polar surface area (TPSA) is 49.4 Å². The number of anilines is 1. The van der Waals surface area contributed by atoms with Crippen molar-refractivity contribution in [1.29, 1.82) is 0 Å². The van der Waals surface area contributed by atoms with E-state index in [1.165, 1.54) is 16.0 Å². The Kier molecular flexibility index (Phi) is 7.34. The molecule has 1 aromatic heterocycles. The molecule has 3 aromatic rings. The van der Waals surface area contributed by atoms with Crippen LogP contribution in [0.25, 0.3) is 0 Å². The fourth-order valence-electron chi connectivity index (χ4n) is 4.52. The molecule has 0 aliphatic heterocycles. The van der Waals surface area contributed by atoms with Gasteiger partial charge in [-0.05, 0) is 54.8 Å². The zero-order valence-corrected chi connectivity index (χ0v) is 21.4. The number of ketones is 1. The average Bonchev–Trinajstić information content (AvgIpc) is 3.16. The van der Waals surface area contributed by atoms with Crippen molar-refractivity contribution < 1.29 is 9.59 Å². The summed E-state index contributed by atoms with van der Waals surface area (Å²) in [6.45, 7) is 7.57. The second kappa shape index (κ2) is 10.2. The summed E-state index contributed by atoms with van der Waals surface area (Å²) >= 11 is 1.58. The van der Waals surface area contributed by atoms with Gasteiger partial charge < -0.3 is 5.32 Å². The van der Waals surface area contributed by atoms with Crippen molar-refractivity contribution in [3.8, 4) is 0 Å². The van der Waals surface area contributed by atoms with Crippen LogP contribution in [0.1, 0.15) is 71.1 Å². The summed E-state index contributed by atoms with van der Waals surface area (Å²) in [6.07, 6.45) is 4.11. The van der Waals surface area contributed by atoms with Gasteiger partial charge in [-0.25, -0.2) is 0 Å². The maximum atomic E-state index is 13.4. The molecule has 1 amide bonds. The molecule has 1 N–H and O–H groups in total. The van der Waals surface area contributed by atoms with Crippen LogP contribution < -0.4 is 5.32 Å². The Morgan fingerprint density at radius 3 is 2.32 bits per heavy atom. The number of carbonyl (C=O) groups excluding carboxylic acids is 2. The van der Waals surface area contributed by atoms with Gasteiger partial charge in [0.05, 0.1) is 12.1 Å². The van der Waals surface area contributed by atoms with E-state index in [9.17, 15) is 9.59 Å². The van der Waals surface area contributed by atoms with Gasteiger partial charge in [0.25, 0.3) is 0 Å². The zero-order chi connectivity index (χ0) is 24.3. The number of nitrogens with zero attached hydrogens (tertiary/aromatic N) is 1. The minimum Gasteiger partial charge on any atom is -0.316 e. The molecule has 0 saturated heterocycles. The minimum atomic E-state index is -0.0884. The molecule has 178 valence electrons. The third-order valence-corrected chi connectivity index (χ3v) is 7.58. The number of carbonyl (C=O) groups is 2. The molecule has 0 unspecified atom stereocenters. The molecule has 4 rings (SSSR count). The van der Waals surface area contributed by atoms with Gasteiger partial charge in [-0.15, -0.1) is 11.3 Å². The Hall–Kier alpha value is -2.76. The normalized spacial score (nSPS) is 13.6. The van der Waals surface area contributed by atoms with Gasteiger partial charge in [0.15, 0.2) is 5.78 Å². The highest BCUT2D eigenvalue weighted by molar-refractivity contribution is 7.17. The number of likely N-dealkylation sites (N-methyl/N-ethyl adjacent to an activating group) is 1. The first kappa shape index (κ1) is 24.4. The highest BCUT2D eigenvalue weighted by Gasteiger charge is 2.27. The first-order valence-electron chi connectivity index (χ1n) is 12.0. The van der Waals surface area contributed by atoms with E-state index in [1.807, 2.05) is 42.3 Å². The Balaban J connectivity index is 1.46. The average molecular weight is 475 g/mol. The Morgan fingerprint density at radius 1 is 0.971 bits per heavy atom. The molecule has 1 aliphatic carbocycles. The second-order valence-electron chi connectivity index (χ2n) is 10.3. The standard InChI is InChI=1S/C29H34N2O2S/c1-29(2,3)22-16-14-20(15-17-22)18-31(4)19-25(32)30-28-26(23-12-8-9-13-24(23)34-28)27(33)21-10-6-5-7-11-21/h5-7,10-11,14-17H,8-9,12-13,18-19H2,1-4H3,(H,30,32). The number of amides is 1. The van der Waals surface area contributed by atoms with Crippen LogP contribution in [0.4, 0.5) is 5.00 Å². The summed E-state index contributed by atoms with van der Waals surface area (Å²) in [7, 11) is 1.95. The van der Waals surface area contributed by atoms with Crippen molar-refractivity contribution in [1.82, 2.24) is 4.90 Å². The first-order chi connectivity index (χ1) is 16.2. The van der Waals surface area contributed by atoms with Crippen LogP contribution in [-0.2, 0) is 29.6 Å². The van der Waals surface area contributed by atoms with Crippen LogP contribution in [0.15, 0.2) is 54.6 Å². The second-order valence-corrected chi connectivity index (χ2v) is 11.4. The van der Waals surface area contributed by atoms with Gasteiger partial charge in [-0.3, -0.25) is 14.5 Å². The summed E-state index contributed by atoms with van der Waals surface area (Å²) in [6, 6.07) is 18.0. The SMILES string of the molecule is CN(CC(=O)Nc1sc2c(c1C(=O)c1ccccc1)CCCC2)Cc1ccc(C(C)(C)C)cc1. The summed E-state index contributed by atoms with van der Waals surface area (Å²) in [5.74, 6) is -0.0860. The summed E-state index contributed by atoms with van der Waals surface area (Å²) < 4.78 is 0. The molecule has 0 radical (unpaired) electrons. The fourth-order valence-corrected chi connectivity index (χ4v) is 5.82. The lowest BCUT2D eigenvalue weighted by Gasteiger charge is -2.20. The smallest absolute Gasteiger partial charge is 0.239 e. The number of rotatable bonds is 7. The van der Waals surface area contributed by atoms with E-state index in [1.54, 1.807) is 11.3 Å². The maximum Gasteiger partial charge on any atom is 0.239 e. The van der Waals surface area contributed by atoms with Crippen LogP contribution >= 0.6 is 11.3 Å². The van der Waals surface area contributed by atoms with Gasteiger partial charge in [-0.1, -0.05) is 75.4 Å². The lowest BCUT2D eigenvalue weighted by molar-refractivity contribution is -0.117. The summed E-state index contributed by atoms with van der Waals surface area (Å²) in [4.78, 5) is 29.6. The van der Waals surface area contributed by atoms with E-state index >= 15 is 0 Å². The minimum absolute atomic E-state index is 0.00240. The predicted octanol–water partition coefficient (Wildman–Crippen LogP) is 6.23. The first-order valence-corrected chi connectivity index (χ1v) is 12.9. The van der Waals surface area contributed by atoms with Crippen molar-refractivity contribution in [2.75, 3.05) is 18.9 Å². The van der Waals surface area contributed by atoms with Crippen molar-refractivity contribution in [2.45, 2.75) is 58.4 Å². The molecular formula is C29H34N2O2S. The van der Waals surface area contributed by atoms with Crippen LogP contribution in [-0.4, -0.2) is 30.2 Å². The third-order valence-electron chi connectivity index (χ3n) is 6.37. The Bertz CT molecular complexity index is 1160. The number of thiophene rings is 1. The van der Waals surface area contributed by atoms with Crippen LogP contribution in [0.5, 0.6) is 0 Å². The molecule has 34 heavy (non-hydrogen) atoms. The molecule has 4 nitrogen and oxygen atoms in total. The summed E-state index contributed by atoms with van der Waals surface area (Å²) in [5, 5.41) is 3.78. The van der Waals surface area contributed by atoms with Crippen molar-refractivity contribution in [2.24, 2.45) is 0 Å². The molecule has 0 atom stereocenters. The van der Waals surface area contributed by atoms with E-state index in [-0.39, 0.29) is 23.7 Å². The molecule has 1 heterocycles. The number of fused-ring (bicyclic) bond motifs is 1. The lowest BCUT2D eigenvalue weighted by atomic mass is 9.87. The van der Waals surface area contributed by atoms with Gasteiger partial charge in [0.1, 0.15) is 5.00 Å². The van der Waals surface area contributed by atoms with E-state index in [0.717, 1.165) is 31.2 Å². The molecule has 0 bridgehead atoms. The van der Waals surface area contributed by atoms with Gasteiger partial charge in [0, 0.05) is 17.0 Å². The van der Waals surface area contributed by atoms with Crippen LogP contribution in [0, 0.1) is 0 Å². The van der Waals surface area contributed by atoms with E-state index in [2.05, 4.69) is 50.4 Å². The van der Waals surface area contributed by atoms with E-state index < -0.39 is 0 Å². The molecular weight excluding hydrogens is 440 g/mol. The molecule has 0 spiro atoms. The maximum absolute atomic E-state index is 13.4. The third kappa shape index (κ3) is 5.65. The lowest BCUT2D eigenvalue weighted by Crippen LogP contribution is -2.30. The number of hydrogen-bond donors (Lipinski definition) is 1. The van der Waals surface area contributed by atoms with Crippen molar-refractivity contribution in [3.63, 3.8) is 0 Å². The predicted molar refractivity (Wildman–Crippen MR) is 141 cm³/mol. The van der Waals surface area contributed by atoms with Crippen molar-refractivity contribution in [3.05, 3.63) is 87.3 Å². The highest BCUT2D eigenvalue weighted by Crippen LogP contribution is 2.39. The van der Waals surface area contributed by atoms with Crippen LogP contribution in [0.3, 0.4) is 0 Å². The van der Waals surface area contributed by atoms with Gasteiger partial charge in [0.2, 0.25) is 5.91 Å².